The number of hydrogen-bond acceptors (Lipinski definition) is 2. The molecule has 0 aliphatic heterocycles. The minimum absolute atomic E-state index is 0. The summed E-state index contributed by atoms with van der Waals surface area (Å²) in [5, 5.41) is 0. The lowest BCUT2D eigenvalue weighted by Gasteiger charge is -1.24. The molecule has 4 nitrogen and oxygen atoms in total. The highest BCUT2D eigenvalue weighted by atomic mass is 32.1. The van der Waals surface area contributed by atoms with Crippen LogP contribution in [0.1, 0.15) is 0 Å². The van der Waals surface area contributed by atoms with Crippen molar-refractivity contribution < 1.29 is 18.9 Å². The normalized spacial score (nSPS) is 6.00. The van der Waals surface area contributed by atoms with E-state index in [0.717, 1.165) is 0 Å². The van der Waals surface area contributed by atoms with Crippen molar-refractivity contribution in [3.05, 3.63) is 0 Å². The predicted molar refractivity (Wildman–Crippen MR) is 27.2 cm³/mol. The van der Waals surface area contributed by atoms with Crippen LogP contribution in [0.4, 0.5) is 0 Å². The minimum Gasteiger partial charge on any atom is -0.310 e. The summed E-state index contributed by atoms with van der Waals surface area (Å²) in [6.07, 6.45) is 0. The molecule has 0 aromatic heterocycles. The maximum absolute atomic E-state index is 8.46. The molecule has 0 heterocycles. The molecule has 0 unspecified atom stereocenters. The van der Waals surface area contributed by atoms with Crippen LogP contribution in [0.15, 0.2) is 0 Å². The molecule has 0 aliphatic carbocycles. The molecule has 0 amide bonds. The van der Waals surface area contributed by atoms with E-state index in [0.29, 0.717) is 0 Å². The Kier molecular flexibility index (Phi) is 70.9. The second kappa shape index (κ2) is 31.7. The van der Waals surface area contributed by atoms with E-state index >= 15 is 0 Å². The summed E-state index contributed by atoms with van der Waals surface area (Å²) in [6.45, 7) is 0. The van der Waals surface area contributed by atoms with Gasteiger partial charge in [-0.05, 0) is 0 Å². The monoisotopic (exact) mass is 160 g/mol. The van der Waals surface area contributed by atoms with Crippen LogP contribution >= 0.6 is 30.9 Å². The SMILES string of the molecule is O=PO.O=PO.[S]. The van der Waals surface area contributed by atoms with Gasteiger partial charge in [0.15, 0.2) is 0 Å². The molecular formula is H2O4P2S. The first kappa shape index (κ1) is 15.6. The molecule has 0 aromatic carbocycles. The van der Waals surface area contributed by atoms with Crippen LogP contribution in [0.25, 0.3) is 0 Å². The molecule has 0 saturated carbocycles. The summed E-state index contributed by atoms with van der Waals surface area (Å²) in [6, 6.07) is 0. The molecule has 42 valence electrons. The van der Waals surface area contributed by atoms with Crippen molar-refractivity contribution in [2.75, 3.05) is 0 Å². The van der Waals surface area contributed by atoms with E-state index in [1.807, 2.05) is 0 Å². The molecule has 0 atom stereocenters. The summed E-state index contributed by atoms with van der Waals surface area (Å²) < 4.78 is 16.9. The van der Waals surface area contributed by atoms with Crippen molar-refractivity contribution in [1.29, 1.82) is 0 Å². The summed E-state index contributed by atoms with van der Waals surface area (Å²) in [5.74, 6) is 0. The minimum atomic E-state index is -0.833. The molecular weight excluding hydrogens is 158 g/mol. The Morgan fingerprint density at radius 1 is 1.00 bits per heavy atom. The molecule has 7 heteroatoms. The third-order valence-electron chi connectivity index (χ3n) is 0. The molecule has 2 radical (unpaired) electrons. The van der Waals surface area contributed by atoms with E-state index in [1.165, 1.54) is 0 Å². The van der Waals surface area contributed by atoms with E-state index in [-0.39, 0.29) is 13.5 Å². The van der Waals surface area contributed by atoms with Gasteiger partial charge < -0.3 is 9.79 Å². The van der Waals surface area contributed by atoms with Gasteiger partial charge in [-0.3, -0.25) is 0 Å². The lowest BCUT2D eigenvalue weighted by Crippen LogP contribution is -1.03. The molecule has 7 heavy (non-hydrogen) atoms. The number of hydrogen-bond donors (Lipinski definition) is 2. The second-order valence-electron chi connectivity index (χ2n) is 0.163. The number of rotatable bonds is 0. The zero-order chi connectivity index (χ0) is 5.41. The Hall–Kier alpha value is 0.470. The smallest absolute Gasteiger partial charge is 0.310 e. The quantitative estimate of drug-likeness (QED) is 0.518. The largest absolute Gasteiger partial charge is 0.324 e. The van der Waals surface area contributed by atoms with Crippen LogP contribution in [0.5, 0.6) is 0 Å². The molecule has 2 N–H and O–H groups in total. The van der Waals surface area contributed by atoms with E-state index in [4.69, 9.17) is 18.9 Å². The summed E-state index contributed by atoms with van der Waals surface area (Å²) in [5.41, 5.74) is 0. The summed E-state index contributed by atoms with van der Waals surface area (Å²) >= 11 is 0. The van der Waals surface area contributed by atoms with Crippen LogP contribution in [0.2, 0.25) is 0 Å². The van der Waals surface area contributed by atoms with Crippen LogP contribution in [-0.2, 0) is 9.13 Å². The van der Waals surface area contributed by atoms with E-state index in [9.17, 15) is 0 Å². The van der Waals surface area contributed by atoms with E-state index in [2.05, 4.69) is 0 Å². The van der Waals surface area contributed by atoms with Gasteiger partial charge in [-0.15, -0.1) is 0 Å². The van der Waals surface area contributed by atoms with Crippen LogP contribution in [-0.4, -0.2) is 9.79 Å². The zero-order valence-corrected chi connectivity index (χ0v) is 5.62. The maximum atomic E-state index is 8.46. The maximum Gasteiger partial charge on any atom is 0.324 e. The van der Waals surface area contributed by atoms with Crippen molar-refractivity contribution in [2.24, 2.45) is 0 Å². The van der Waals surface area contributed by atoms with Gasteiger partial charge in [-0.2, -0.15) is 0 Å². The molecule has 0 saturated heterocycles. The molecule has 0 rings (SSSR count). The van der Waals surface area contributed by atoms with Crippen LogP contribution in [0.3, 0.4) is 0 Å². The fourth-order valence-corrected chi connectivity index (χ4v) is 0. The van der Waals surface area contributed by atoms with Crippen LogP contribution in [0, 0.1) is 0 Å². The molecule has 0 spiro atoms. The van der Waals surface area contributed by atoms with Crippen molar-refractivity contribution >= 4 is 30.9 Å². The Labute approximate surface area is 50.6 Å². The standard InChI is InChI=1S/2HO2P.S/c2*1-3-2;/h2*(H,1,2);. The third-order valence-corrected chi connectivity index (χ3v) is 0. The van der Waals surface area contributed by atoms with Crippen LogP contribution < -0.4 is 0 Å². The molecule has 0 aromatic rings. The van der Waals surface area contributed by atoms with Gasteiger partial charge in [0.1, 0.15) is 0 Å². The Balaban J connectivity index is -0.0000000400. The Morgan fingerprint density at radius 2 is 1.00 bits per heavy atom. The van der Waals surface area contributed by atoms with Gasteiger partial charge in [-0.25, -0.2) is 9.13 Å². The highest BCUT2D eigenvalue weighted by Gasteiger charge is 1.28. The predicted octanol–water partition coefficient (Wildman–Crippen LogP) is 1.02. The first-order valence-corrected chi connectivity index (χ1v) is 2.30. The molecule has 0 fully saturated rings. The lowest BCUT2D eigenvalue weighted by molar-refractivity contribution is 0.523. The van der Waals surface area contributed by atoms with Gasteiger partial charge in [-0.1, -0.05) is 0 Å². The van der Waals surface area contributed by atoms with Gasteiger partial charge in [0.05, 0.1) is 0 Å². The second-order valence-corrected chi connectivity index (χ2v) is 0.490. The third kappa shape index (κ3) is 585. The molecule has 0 aliphatic rings. The van der Waals surface area contributed by atoms with Gasteiger partial charge in [0, 0.05) is 13.5 Å². The van der Waals surface area contributed by atoms with Gasteiger partial charge in [0.25, 0.3) is 0 Å². The van der Waals surface area contributed by atoms with Gasteiger partial charge in [0.2, 0.25) is 0 Å². The van der Waals surface area contributed by atoms with Crippen molar-refractivity contribution in [3.63, 3.8) is 0 Å². The fraction of sp³-hybridized carbons (Fsp3) is 0. The van der Waals surface area contributed by atoms with Crippen molar-refractivity contribution in [1.82, 2.24) is 0 Å². The highest BCUT2D eigenvalue weighted by molar-refractivity contribution is 7.59. The van der Waals surface area contributed by atoms with E-state index < -0.39 is 17.4 Å². The zero-order valence-electron chi connectivity index (χ0n) is 3.01. The topological polar surface area (TPSA) is 74.6 Å². The Morgan fingerprint density at radius 3 is 1.00 bits per heavy atom. The van der Waals surface area contributed by atoms with Crippen molar-refractivity contribution in [3.8, 4) is 0 Å². The lowest BCUT2D eigenvalue weighted by atomic mass is 15.9. The summed E-state index contributed by atoms with van der Waals surface area (Å²) in [4.78, 5) is 14.0. The fourth-order valence-electron chi connectivity index (χ4n) is 0. The average Bonchev–Trinajstić information content (AvgIpc) is 1.39. The van der Waals surface area contributed by atoms with E-state index in [1.54, 1.807) is 0 Å². The first-order chi connectivity index (χ1) is 2.83. The first-order valence-electron chi connectivity index (χ1n) is 0.765. The van der Waals surface area contributed by atoms with Crippen molar-refractivity contribution in [2.45, 2.75) is 0 Å². The summed E-state index contributed by atoms with van der Waals surface area (Å²) in [7, 11) is -1.67. The van der Waals surface area contributed by atoms with Gasteiger partial charge >= 0.3 is 17.4 Å². The molecule has 0 bridgehead atoms. The Bertz CT molecular complexity index is 30.7. The average molecular weight is 160 g/mol. The highest BCUT2D eigenvalue weighted by Crippen LogP contribution is 1.66.